The second-order valence-corrected chi connectivity index (χ2v) is 5.94. The number of benzene rings is 2. The number of allylic oxidation sites excluding steroid dienone is 1. The summed E-state index contributed by atoms with van der Waals surface area (Å²) in [5.74, 6) is 2.80. The average molecular weight is 349 g/mol. The van der Waals surface area contributed by atoms with E-state index in [0.29, 0.717) is 23.9 Å². The lowest BCUT2D eigenvalue weighted by Gasteiger charge is -2.13. The van der Waals surface area contributed by atoms with Gasteiger partial charge in [0.2, 0.25) is 0 Å². The lowest BCUT2D eigenvalue weighted by Crippen LogP contribution is -2.05. The number of fused-ring (bicyclic) bond motifs is 1. The van der Waals surface area contributed by atoms with Crippen molar-refractivity contribution in [1.82, 2.24) is 9.97 Å². The molecule has 134 valence electrons. The molecule has 1 N–H and O–H groups in total. The summed E-state index contributed by atoms with van der Waals surface area (Å²) in [4.78, 5) is 9.09. The Morgan fingerprint density at radius 1 is 1.04 bits per heavy atom. The second-order valence-electron chi connectivity index (χ2n) is 5.94. The SMILES string of the molecule is C/C=C/c1cccc(CNc2nc(C)nc3cc(OC)c(OC)cc23)c1. The van der Waals surface area contributed by atoms with Gasteiger partial charge in [0.25, 0.3) is 0 Å². The maximum absolute atomic E-state index is 5.42. The molecule has 1 heterocycles. The molecule has 0 fully saturated rings. The summed E-state index contributed by atoms with van der Waals surface area (Å²) in [6.07, 6.45) is 4.12. The molecule has 0 amide bonds. The Hall–Kier alpha value is -3.08. The third kappa shape index (κ3) is 3.77. The molecule has 0 atom stereocenters. The van der Waals surface area contributed by atoms with Gasteiger partial charge in [-0.1, -0.05) is 30.4 Å². The predicted octanol–water partition coefficient (Wildman–Crippen LogP) is 4.60. The van der Waals surface area contributed by atoms with Gasteiger partial charge in [-0.05, 0) is 37.1 Å². The number of nitrogens with zero attached hydrogens (tertiary/aromatic N) is 2. The third-order valence-corrected chi connectivity index (χ3v) is 4.08. The number of anilines is 1. The van der Waals surface area contributed by atoms with Crippen molar-refractivity contribution in [3.05, 3.63) is 59.4 Å². The third-order valence-electron chi connectivity index (χ3n) is 4.08. The smallest absolute Gasteiger partial charge is 0.162 e. The van der Waals surface area contributed by atoms with Crippen LogP contribution in [-0.4, -0.2) is 24.2 Å². The summed E-state index contributed by atoms with van der Waals surface area (Å²) >= 11 is 0. The summed E-state index contributed by atoms with van der Waals surface area (Å²) in [5, 5.41) is 4.33. The number of ether oxygens (including phenoxy) is 2. The number of nitrogens with one attached hydrogen (secondary N) is 1. The van der Waals surface area contributed by atoms with Crippen LogP contribution in [0.4, 0.5) is 5.82 Å². The molecule has 0 aliphatic rings. The van der Waals surface area contributed by atoms with Crippen molar-refractivity contribution < 1.29 is 9.47 Å². The monoisotopic (exact) mass is 349 g/mol. The van der Waals surface area contributed by atoms with E-state index in [1.54, 1.807) is 14.2 Å². The largest absolute Gasteiger partial charge is 0.493 e. The van der Waals surface area contributed by atoms with Crippen LogP contribution in [0.25, 0.3) is 17.0 Å². The van der Waals surface area contributed by atoms with Crippen LogP contribution in [-0.2, 0) is 6.54 Å². The van der Waals surface area contributed by atoms with Gasteiger partial charge in [0.1, 0.15) is 11.6 Å². The maximum Gasteiger partial charge on any atom is 0.162 e. The van der Waals surface area contributed by atoms with Gasteiger partial charge < -0.3 is 14.8 Å². The fourth-order valence-electron chi connectivity index (χ4n) is 2.89. The maximum atomic E-state index is 5.42. The molecule has 5 nitrogen and oxygen atoms in total. The minimum absolute atomic E-state index is 0.656. The number of hydrogen-bond acceptors (Lipinski definition) is 5. The van der Waals surface area contributed by atoms with E-state index >= 15 is 0 Å². The first kappa shape index (κ1) is 17.7. The molecule has 26 heavy (non-hydrogen) atoms. The zero-order valence-electron chi connectivity index (χ0n) is 15.5. The highest BCUT2D eigenvalue weighted by molar-refractivity contribution is 5.91. The number of aryl methyl sites for hydroxylation is 1. The highest BCUT2D eigenvalue weighted by Gasteiger charge is 2.12. The second kappa shape index (κ2) is 7.87. The van der Waals surface area contributed by atoms with Crippen molar-refractivity contribution in [2.24, 2.45) is 0 Å². The van der Waals surface area contributed by atoms with Crippen LogP contribution in [0.5, 0.6) is 11.5 Å². The van der Waals surface area contributed by atoms with Gasteiger partial charge >= 0.3 is 0 Å². The Morgan fingerprint density at radius 3 is 2.54 bits per heavy atom. The Balaban J connectivity index is 1.95. The van der Waals surface area contributed by atoms with E-state index in [9.17, 15) is 0 Å². The fourth-order valence-corrected chi connectivity index (χ4v) is 2.89. The van der Waals surface area contributed by atoms with Gasteiger partial charge in [0.15, 0.2) is 11.5 Å². The Labute approximate surface area is 153 Å². The van der Waals surface area contributed by atoms with Crippen molar-refractivity contribution in [3.8, 4) is 11.5 Å². The van der Waals surface area contributed by atoms with Crippen molar-refractivity contribution in [2.75, 3.05) is 19.5 Å². The minimum atomic E-state index is 0.656. The molecule has 0 spiro atoms. The molecule has 1 aromatic heterocycles. The Morgan fingerprint density at radius 2 is 1.81 bits per heavy atom. The van der Waals surface area contributed by atoms with E-state index in [1.807, 2.05) is 32.1 Å². The zero-order chi connectivity index (χ0) is 18.5. The first-order valence-corrected chi connectivity index (χ1v) is 8.50. The van der Waals surface area contributed by atoms with Crippen LogP contribution < -0.4 is 14.8 Å². The summed E-state index contributed by atoms with van der Waals surface area (Å²) in [6.45, 7) is 4.57. The van der Waals surface area contributed by atoms with Gasteiger partial charge in [0, 0.05) is 18.0 Å². The van der Waals surface area contributed by atoms with Crippen molar-refractivity contribution >= 4 is 22.8 Å². The van der Waals surface area contributed by atoms with E-state index < -0.39 is 0 Å². The number of hydrogen-bond donors (Lipinski definition) is 1. The summed E-state index contributed by atoms with van der Waals surface area (Å²) in [5.41, 5.74) is 3.19. The van der Waals surface area contributed by atoms with Gasteiger partial charge in [-0.25, -0.2) is 9.97 Å². The fraction of sp³-hybridized carbons (Fsp3) is 0.238. The molecule has 3 rings (SSSR count). The van der Waals surface area contributed by atoms with Crippen LogP contribution in [0.15, 0.2) is 42.5 Å². The molecule has 0 aliphatic heterocycles. The number of aromatic nitrogens is 2. The highest BCUT2D eigenvalue weighted by Crippen LogP contribution is 2.34. The first-order valence-electron chi connectivity index (χ1n) is 8.50. The van der Waals surface area contributed by atoms with Crippen LogP contribution in [0, 0.1) is 6.92 Å². The van der Waals surface area contributed by atoms with Crippen molar-refractivity contribution in [2.45, 2.75) is 20.4 Å². The topological polar surface area (TPSA) is 56.3 Å². The quantitative estimate of drug-likeness (QED) is 0.705. The number of methoxy groups -OCH3 is 2. The van der Waals surface area contributed by atoms with Crippen molar-refractivity contribution in [1.29, 1.82) is 0 Å². The molecule has 2 aromatic carbocycles. The van der Waals surface area contributed by atoms with Gasteiger partial charge in [-0.15, -0.1) is 0 Å². The van der Waals surface area contributed by atoms with E-state index in [0.717, 1.165) is 16.7 Å². The van der Waals surface area contributed by atoms with Crippen LogP contribution >= 0.6 is 0 Å². The molecule has 0 saturated carbocycles. The predicted molar refractivity (Wildman–Crippen MR) is 106 cm³/mol. The molecule has 0 radical (unpaired) electrons. The van der Waals surface area contributed by atoms with Gasteiger partial charge in [-0.2, -0.15) is 0 Å². The molecule has 0 bridgehead atoms. The van der Waals surface area contributed by atoms with Crippen LogP contribution in [0.1, 0.15) is 23.9 Å². The molecule has 0 saturated heterocycles. The van der Waals surface area contributed by atoms with Crippen LogP contribution in [0.3, 0.4) is 0 Å². The lowest BCUT2D eigenvalue weighted by molar-refractivity contribution is 0.356. The molecule has 0 aliphatic carbocycles. The average Bonchev–Trinajstić information content (AvgIpc) is 2.65. The summed E-state index contributed by atoms with van der Waals surface area (Å²) in [7, 11) is 3.24. The first-order chi connectivity index (χ1) is 12.6. The minimum Gasteiger partial charge on any atom is -0.493 e. The molecule has 3 aromatic rings. The van der Waals surface area contributed by atoms with E-state index in [-0.39, 0.29) is 0 Å². The lowest BCUT2D eigenvalue weighted by atomic mass is 10.1. The summed E-state index contributed by atoms with van der Waals surface area (Å²) < 4.78 is 10.8. The zero-order valence-corrected chi connectivity index (χ0v) is 15.5. The van der Waals surface area contributed by atoms with E-state index in [4.69, 9.17) is 9.47 Å². The highest BCUT2D eigenvalue weighted by atomic mass is 16.5. The van der Waals surface area contributed by atoms with Crippen molar-refractivity contribution in [3.63, 3.8) is 0 Å². The summed E-state index contributed by atoms with van der Waals surface area (Å²) in [6, 6.07) is 12.2. The molecular weight excluding hydrogens is 326 g/mol. The van der Waals surface area contributed by atoms with E-state index in [2.05, 4.69) is 45.6 Å². The number of rotatable bonds is 6. The van der Waals surface area contributed by atoms with Gasteiger partial charge in [0.05, 0.1) is 19.7 Å². The molecular formula is C21H23N3O2. The molecule has 5 heteroatoms. The normalized spacial score (nSPS) is 11.1. The van der Waals surface area contributed by atoms with Gasteiger partial charge in [-0.3, -0.25) is 0 Å². The standard InChI is InChI=1S/C21H23N3O2/c1-5-7-15-8-6-9-16(10-15)13-22-21-17-11-19(25-3)20(26-4)12-18(17)23-14(2)24-21/h5-12H,13H2,1-4H3,(H,22,23,24)/b7-5+. The Bertz CT molecular complexity index is 951. The Kier molecular flexibility index (Phi) is 5.37. The van der Waals surface area contributed by atoms with E-state index in [1.165, 1.54) is 11.1 Å². The van der Waals surface area contributed by atoms with Crippen LogP contribution in [0.2, 0.25) is 0 Å². The molecule has 0 unspecified atom stereocenters.